The number of carbonyl (C=O) groups excluding carboxylic acids is 1. The Hall–Kier alpha value is -1.46. The number of rotatable bonds is 3. The highest BCUT2D eigenvalue weighted by molar-refractivity contribution is 6.32. The molecule has 1 aromatic rings. The van der Waals surface area contributed by atoms with Gasteiger partial charge in [-0.15, -0.1) is 0 Å². The van der Waals surface area contributed by atoms with Gasteiger partial charge in [-0.1, -0.05) is 11.6 Å². The fourth-order valence-electron chi connectivity index (χ4n) is 1.94. The van der Waals surface area contributed by atoms with E-state index in [0.717, 1.165) is 12.8 Å². The van der Waals surface area contributed by atoms with Gasteiger partial charge in [-0.2, -0.15) is 0 Å². The van der Waals surface area contributed by atoms with Gasteiger partial charge in [0.15, 0.2) is 11.5 Å². The van der Waals surface area contributed by atoms with Gasteiger partial charge in [-0.3, -0.25) is 9.63 Å². The summed E-state index contributed by atoms with van der Waals surface area (Å²) < 4.78 is 10.3. The molecule has 1 aromatic carbocycles. The second kappa shape index (κ2) is 6.12. The molecule has 2 rings (SSSR count). The van der Waals surface area contributed by atoms with Crippen LogP contribution in [0.25, 0.3) is 0 Å². The summed E-state index contributed by atoms with van der Waals surface area (Å²) in [7, 11) is 3.00. The number of hydrogen-bond donors (Lipinski definition) is 0. The molecule has 1 amide bonds. The second-order valence-corrected chi connectivity index (χ2v) is 4.55. The molecule has 0 N–H and O–H groups in total. The van der Waals surface area contributed by atoms with Crippen molar-refractivity contribution in [1.29, 1.82) is 0 Å². The van der Waals surface area contributed by atoms with Gasteiger partial charge in [0.05, 0.1) is 25.8 Å². The summed E-state index contributed by atoms with van der Waals surface area (Å²) >= 11 is 6.08. The number of carbonyl (C=O) groups is 1. The smallest absolute Gasteiger partial charge is 0.277 e. The first-order chi connectivity index (χ1) is 9.17. The van der Waals surface area contributed by atoms with E-state index in [1.54, 1.807) is 12.1 Å². The molecule has 0 aliphatic carbocycles. The molecule has 1 aliphatic rings. The molecule has 104 valence electrons. The van der Waals surface area contributed by atoms with Crippen LogP contribution in [0.4, 0.5) is 0 Å². The molecular formula is C13H16ClNO4. The summed E-state index contributed by atoms with van der Waals surface area (Å²) in [6.07, 6.45) is 1.91. The molecule has 1 aliphatic heterocycles. The lowest BCUT2D eigenvalue weighted by molar-refractivity contribution is -0.144. The average Bonchev–Trinajstić information content (AvgIpc) is 2.46. The molecule has 1 fully saturated rings. The molecule has 1 saturated heterocycles. The summed E-state index contributed by atoms with van der Waals surface area (Å²) in [6, 6.07) is 3.16. The van der Waals surface area contributed by atoms with E-state index in [1.807, 2.05) is 0 Å². The number of ether oxygens (including phenoxy) is 2. The Balaban J connectivity index is 2.29. The lowest BCUT2D eigenvalue weighted by Gasteiger charge is -2.26. The standard InChI is InChI=1S/C13H16ClNO4/c1-17-11-8-9(7-10(14)12(11)18-2)13(16)15-5-3-4-6-19-15/h7-8H,3-6H2,1-2H3. The van der Waals surface area contributed by atoms with Crippen molar-refractivity contribution in [3.8, 4) is 11.5 Å². The van der Waals surface area contributed by atoms with Crippen molar-refractivity contribution in [2.45, 2.75) is 12.8 Å². The maximum Gasteiger partial charge on any atom is 0.277 e. The highest BCUT2D eigenvalue weighted by Crippen LogP contribution is 2.36. The van der Waals surface area contributed by atoms with E-state index in [0.29, 0.717) is 35.2 Å². The highest BCUT2D eigenvalue weighted by Gasteiger charge is 2.22. The number of benzene rings is 1. The van der Waals surface area contributed by atoms with Crippen molar-refractivity contribution in [3.05, 3.63) is 22.7 Å². The van der Waals surface area contributed by atoms with Gasteiger partial charge in [0.1, 0.15) is 0 Å². The van der Waals surface area contributed by atoms with Crippen LogP contribution in [0.15, 0.2) is 12.1 Å². The average molecular weight is 286 g/mol. The van der Waals surface area contributed by atoms with Gasteiger partial charge in [-0.05, 0) is 25.0 Å². The van der Waals surface area contributed by atoms with Crippen molar-refractivity contribution in [2.75, 3.05) is 27.4 Å². The Labute approximate surface area is 116 Å². The molecular weight excluding hydrogens is 270 g/mol. The van der Waals surface area contributed by atoms with Crippen molar-refractivity contribution < 1.29 is 19.1 Å². The van der Waals surface area contributed by atoms with Crippen LogP contribution in [-0.2, 0) is 4.84 Å². The zero-order valence-corrected chi connectivity index (χ0v) is 11.7. The van der Waals surface area contributed by atoms with E-state index in [9.17, 15) is 4.79 Å². The Morgan fingerprint density at radius 3 is 2.68 bits per heavy atom. The normalized spacial score (nSPS) is 15.2. The fourth-order valence-corrected chi connectivity index (χ4v) is 2.23. The van der Waals surface area contributed by atoms with Crippen LogP contribution < -0.4 is 9.47 Å². The molecule has 0 aromatic heterocycles. The van der Waals surface area contributed by atoms with Crippen LogP contribution >= 0.6 is 11.6 Å². The second-order valence-electron chi connectivity index (χ2n) is 4.14. The third-order valence-electron chi connectivity index (χ3n) is 2.91. The first-order valence-corrected chi connectivity index (χ1v) is 6.41. The first-order valence-electron chi connectivity index (χ1n) is 6.03. The summed E-state index contributed by atoms with van der Waals surface area (Å²) in [5.41, 5.74) is 0.421. The van der Waals surface area contributed by atoms with Gasteiger partial charge < -0.3 is 9.47 Å². The van der Waals surface area contributed by atoms with Gasteiger partial charge in [0.25, 0.3) is 5.91 Å². The highest BCUT2D eigenvalue weighted by atomic mass is 35.5. The summed E-state index contributed by atoms with van der Waals surface area (Å²) in [5.74, 6) is 0.623. The number of halogens is 1. The third-order valence-corrected chi connectivity index (χ3v) is 3.19. The monoisotopic (exact) mass is 285 g/mol. The Morgan fingerprint density at radius 2 is 2.11 bits per heavy atom. The fraction of sp³-hybridized carbons (Fsp3) is 0.462. The van der Waals surface area contributed by atoms with Crippen molar-refractivity contribution >= 4 is 17.5 Å². The minimum atomic E-state index is -0.220. The molecule has 0 spiro atoms. The quantitative estimate of drug-likeness (QED) is 0.856. The van der Waals surface area contributed by atoms with Crippen LogP contribution in [0.1, 0.15) is 23.2 Å². The molecule has 1 heterocycles. The van der Waals surface area contributed by atoms with Crippen LogP contribution in [-0.4, -0.2) is 38.3 Å². The zero-order valence-electron chi connectivity index (χ0n) is 10.9. The summed E-state index contributed by atoms with van der Waals surface area (Å²) in [4.78, 5) is 17.6. The lowest BCUT2D eigenvalue weighted by atomic mass is 10.1. The minimum Gasteiger partial charge on any atom is -0.493 e. The van der Waals surface area contributed by atoms with Crippen LogP contribution in [0.5, 0.6) is 11.5 Å². The third kappa shape index (κ3) is 2.93. The molecule has 0 unspecified atom stereocenters. The predicted octanol–water partition coefficient (Wildman–Crippen LogP) is 2.52. The Kier molecular flexibility index (Phi) is 4.50. The number of amides is 1. The van der Waals surface area contributed by atoms with Gasteiger partial charge >= 0.3 is 0 Å². The van der Waals surface area contributed by atoms with Crippen LogP contribution in [0.3, 0.4) is 0 Å². The van der Waals surface area contributed by atoms with Gasteiger partial charge in [0.2, 0.25) is 0 Å². The maximum atomic E-state index is 12.3. The molecule has 0 bridgehead atoms. The molecule has 0 atom stereocenters. The molecule has 6 heteroatoms. The number of hydroxylamine groups is 2. The topological polar surface area (TPSA) is 48.0 Å². The van der Waals surface area contributed by atoms with E-state index >= 15 is 0 Å². The van der Waals surface area contributed by atoms with E-state index in [2.05, 4.69) is 0 Å². The molecule has 0 radical (unpaired) electrons. The minimum absolute atomic E-state index is 0.220. The largest absolute Gasteiger partial charge is 0.493 e. The predicted molar refractivity (Wildman–Crippen MR) is 70.8 cm³/mol. The zero-order chi connectivity index (χ0) is 13.8. The van der Waals surface area contributed by atoms with Gasteiger partial charge in [-0.25, -0.2) is 5.06 Å². The van der Waals surface area contributed by atoms with E-state index in [1.165, 1.54) is 19.3 Å². The number of nitrogens with zero attached hydrogens (tertiary/aromatic N) is 1. The maximum absolute atomic E-state index is 12.3. The first kappa shape index (κ1) is 14.0. The van der Waals surface area contributed by atoms with Crippen LogP contribution in [0, 0.1) is 0 Å². The van der Waals surface area contributed by atoms with Crippen LogP contribution in [0.2, 0.25) is 5.02 Å². The SMILES string of the molecule is COc1cc(C(=O)N2CCCCO2)cc(Cl)c1OC. The molecule has 19 heavy (non-hydrogen) atoms. The summed E-state index contributed by atoms with van der Waals surface area (Å²) in [5, 5.41) is 1.70. The van der Waals surface area contributed by atoms with Crippen molar-refractivity contribution in [2.24, 2.45) is 0 Å². The van der Waals surface area contributed by atoms with Crippen molar-refractivity contribution in [3.63, 3.8) is 0 Å². The molecule has 0 saturated carbocycles. The lowest BCUT2D eigenvalue weighted by Crippen LogP contribution is -2.35. The van der Waals surface area contributed by atoms with Crippen molar-refractivity contribution in [1.82, 2.24) is 5.06 Å². The van der Waals surface area contributed by atoms with E-state index in [-0.39, 0.29) is 5.91 Å². The van der Waals surface area contributed by atoms with E-state index < -0.39 is 0 Å². The molecule has 5 nitrogen and oxygen atoms in total. The Bertz CT molecular complexity index is 472. The number of methoxy groups -OCH3 is 2. The Morgan fingerprint density at radius 1 is 1.32 bits per heavy atom. The summed E-state index contributed by atoms with van der Waals surface area (Å²) in [6.45, 7) is 1.15. The van der Waals surface area contributed by atoms with E-state index in [4.69, 9.17) is 25.9 Å². The van der Waals surface area contributed by atoms with Gasteiger partial charge in [0, 0.05) is 12.1 Å². The number of hydrogen-bond acceptors (Lipinski definition) is 4.